The quantitative estimate of drug-likeness (QED) is 0.829. The molecule has 0 radical (unpaired) electrons. The second kappa shape index (κ2) is 6.57. The van der Waals surface area contributed by atoms with Crippen molar-refractivity contribution in [2.24, 2.45) is 0 Å². The van der Waals surface area contributed by atoms with Gasteiger partial charge in [-0.3, -0.25) is 0 Å². The van der Waals surface area contributed by atoms with Crippen molar-refractivity contribution in [1.29, 1.82) is 0 Å². The molecule has 2 aromatic rings. The summed E-state index contributed by atoms with van der Waals surface area (Å²) in [5.41, 5.74) is 2.67. The lowest BCUT2D eigenvalue weighted by Gasteiger charge is -2.19. The lowest BCUT2D eigenvalue weighted by Crippen LogP contribution is -2.10. The number of hydrogen-bond donors (Lipinski definition) is 1. The van der Waals surface area contributed by atoms with Crippen molar-refractivity contribution in [3.8, 4) is 0 Å². The molecule has 2 rings (SSSR count). The van der Waals surface area contributed by atoms with Gasteiger partial charge in [-0.05, 0) is 42.5 Å². The Hall–Kier alpha value is -1.81. The summed E-state index contributed by atoms with van der Waals surface area (Å²) in [5, 5.41) is 5.60. The normalized spacial score (nSPS) is 11.9. The first-order chi connectivity index (χ1) is 9.65. The predicted molar refractivity (Wildman–Crippen MR) is 83.5 cm³/mol. The Balaban J connectivity index is 2.25. The Kier molecular flexibility index (Phi) is 4.79. The van der Waals surface area contributed by atoms with Crippen LogP contribution in [0.1, 0.15) is 40.2 Å². The number of thiophene rings is 1. The molecule has 1 atom stereocenters. The Morgan fingerprint density at radius 3 is 2.80 bits per heavy atom. The van der Waals surface area contributed by atoms with Crippen LogP contribution >= 0.6 is 11.3 Å². The highest BCUT2D eigenvalue weighted by Crippen LogP contribution is 2.28. The molecule has 0 aliphatic heterocycles. The second-order valence-corrected chi connectivity index (χ2v) is 5.62. The third-order valence-electron chi connectivity index (χ3n) is 3.28. The number of nitrogens with one attached hydrogen (secondary N) is 1. The van der Waals surface area contributed by atoms with Gasteiger partial charge < -0.3 is 10.1 Å². The molecule has 0 saturated carbocycles. The van der Waals surface area contributed by atoms with Gasteiger partial charge >= 0.3 is 5.97 Å². The Labute approximate surface area is 123 Å². The number of carbonyl (C=O) groups excluding carboxylic acids is 1. The van der Waals surface area contributed by atoms with E-state index in [2.05, 4.69) is 29.8 Å². The summed E-state index contributed by atoms with van der Waals surface area (Å²) in [4.78, 5) is 12.9. The Bertz CT molecular complexity index is 578. The van der Waals surface area contributed by atoms with E-state index in [-0.39, 0.29) is 12.0 Å². The number of ether oxygens (including phenoxy) is 1. The van der Waals surface area contributed by atoms with Crippen molar-refractivity contribution in [3.63, 3.8) is 0 Å². The number of methoxy groups -OCH3 is 1. The molecule has 106 valence electrons. The Morgan fingerprint density at radius 2 is 2.20 bits per heavy atom. The number of anilines is 1. The largest absolute Gasteiger partial charge is 0.465 e. The molecule has 0 aliphatic carbocycles. The van der Waals surface area contributed by atoms with Gasteiger partial charge in [-0.25, -0.2) is 4.79 Å². The highest BCUT2D eigenvalue weighted by molar-refractivity contribution is 7.10. The first-order valence-electron chi connectivity index (χ1n) is 6.64. The fourth-order valence-corrected chi connectivity index (χ4v) is 2.94. The lowest BCUT2D eigenvalue weighted by molar-refractivity contribution is 0.0601. The molecular formula is C16H19NO2S. The summed E-state index contributed by atoms with van der Waals surface area (Å²) in [6, 6.07) is 10.0. The highest BCUT2D eigenvalue weighted by Gasteiger charge is 2.13. The van der Waals surface area contributed by atoms with E-state index in [9.17, 15) is 4.79 Å². The summed E-state index contributed by atoms with van der Waals surface area (Å²) in [6.45, 7) is 4.18. The number of aryl methyl sites for hydroxylation is 1. The third kappa shape index (κ3) is 3.20. The first kappa shape index (κ1) is 14.6. The monoisotopic (exact) mass is 289 g/mol. The molecular weight excluding hydrogens is 270 g/mol. The van der Waals surface area contributed by atoms with Gasteiger partial charge in [0.25, 0.3) is 0 Å². The maximum Gasteiger partial charge on any atom is 0.337 e. The number of carbonyl (C=O) groups is 1. The molecule has 1 aromatic heterocycles. The minimum absolute atomic E-state index is 0.265. The molecule has 4 heteroatoms. The number of hydrogen-bond acceptors (Lipinski definition) is 4. The summed E-state index contributed by atoms with van der Waals surface area (Å²) in [7, 11) is 1.40. The van der Waals surface area contributed by atoms with Crippen LogP contribution in [0.5, 0.6) is 0 Å². The molecule has 0 bridgehead atoms. The maximum atomic E-state index is 11.6. The maximum absolute atomic E-state index is 11.6. The van der Waals surface area contributed by atoms with E-state index in [4.69, 9.17) is 4.74 Å². The van der Waals surface area contributed by atoms with Crippen LogP contribution in [0.3, 0.4) is 0 Å². The lowest BCUT2D eigenvalue weighted by atomic mass is 10.1. The zero-order chi connectivity index (χ0) is 14.5. The molecule has 0 saturated heterocycles. The molecule has 1 unspecified atom stereocenters. The van der Waals surface area contributed by atoms with E-state index >= 15 is 0 Å². The summed E-state index contributed by atoms with van der Waals surface area (Å²) in [5.74, 6) is -0.308. The molecule has 0 aliphatic rings. The molecule has 3 nitrogen and oxygen atoms in total. The van der Waals surface area contributed by atoms with E-state index < -0.39 is 0 Å². The SMILES string of the molecule is CCC(Nc1cc(C(=O)OC)ccc1C)c1cccs1. The second-order valence-electron chi connectivity index (χ2n) is 4.64. The van der Waals surface area contributed by atoms with Crippen molar-refractivity contribution in [3.05, 3.63) is 51.7 Å². The van der Waals surface area contributed by atoms with Crippen LogP contribution in [-0.2, 0) is 4.74 Å². The molecule has 0 spiro atoms. The van der Waals surface area contributed by atoms with Crippen LogP contribution < -0.4 is 5.32 Å². The van der Waals surface area contributed by atoms with Crippen molar-refractivity contribution < 1.29 is 9.53 Å². The van der Waals surface area contributed by atoms with E-state index in [1.165, 1.54) is 12.0 Å². The van der Waals surface area contributed by atoms with Gasteiger partial charge in [-0.15, -0.1) is 11.3 Å². The number of esters is 1. The minimum atomic E-state index is -0.308. The van der Waals surface area contributed by atoms with Gasteiger partial charge in [-0.1, -0.05) is 19.1 Å². The number of rotatable bonds is 5. The van der Waals surface area contributed by atoms with Crippen LogP contribution in [0, 0.1) is 6.92 Å². The van der Waals surface area contributed by atoms with Gasteiger partial charge in [-0.2, -0.15) is 0 Å². The average Bonchev–Trinajstić information content (AvgIpc) is 2.99. The standard InChI is InChI=1S/C16H19NO2S/c1-4-13(15-6-5-9-20-15)17-14-10-12(16(18)19-3)8-7-11(14)2/h5-10,13,17H,4H2,1-3H3. The average molecular weight is 289 g/mol. The van der Waals surface area contributed by atoms with E-state index in [0.29, 0.717) is 5.56 Å². The smallest absolute Gasteiger partial charge is 0.337 e. The van der Waals surface area contributed by atoms with Crippen molar-refractivity contribution in [2.45, 2.75) is 26.3 Å². The van der Waals surface area contributed by atoms with Crippen LogP contribution in [0.25, 0.3) is 0 Å². The summed E-state index contributed by atoms with van der Waals surface area (Å²) in [6.07, 6.45) is 0.988. The third-order valence-corrected chi connectivity index (χ3v) is 4.27. The molecule has 1 heterocycles. The van der Waals surface area contributed by atoms with E-state index in [0.717, 1.165) is 17.7 Å². The van der Waals surface area contributed by atoms with Crippen molar-refractivity contribution in [1.82, 2.24) is 0 Å². The van der Waals surface area contributed by atoms with Gasteiger partial charge in [0, 0.05) is 10.6 Å². The zero-order valence-electron chi connectivity index (χ0n) is 12.0. The van der Waals surface area contributed by atoms with Crippen molar-refractivity contribution >= 4 is 23.0 Å². The molecule has 1 aromatic carbocycles. The van der Waals surface area contributed by atoms with Crippen LogP contribution in [0.2, 0.25) is 0 Å². The molecule has 0 fully saturated rings. The first-order valence-corrected chi connectivity index (χ1v) is 7.52. The molecule has 0 amide bonds. The highest BCUT2D eigenvalue weighted by atomic mass is 32.1. The zero-order valence-corrected chi connectivity index (χ0v) is 12.8. The fourth-order valence-electron chi connectivity index (χ4n) is 2.07. The van der Waals surface area contributed by atoms with Crippen LogP contribution in [-0.4, -0.2) is 13.1 Å². The van der Waals surface area contributed by atoms with Crippen molar-refractivity contribution in [2.75, 3.05) is 12.4 Å². The van der Waals surface area contributed by atoms with Crippen LogP contribution in [0.15, 0.2) is 35.7 Å². The van der Waals surface area contributed by atoms with Crippen LogP contribution in [0.4, 0.5) is 5.69 Å². The molecule has 20 heavy (non-hydrogen) atoms. The predicted octanol–water partition coefficient (Wildman–Crippen LogP) is 4.41. The minimum Gasteiger partial charge on any atom is -0.465 e. The number of benzene rings is 1. The van der Waals surface area contributed by atoms with Gasteiger partial charge in [0.15, 0.2) is 0 Å². The fraction of sp³-hybridized carbons (Fsp3) is 0.312. The van der Waals surface area contributed by atoms with E-state index in [1.54, 1.807) is 17.4 Å². The molecule has 1 N–H and O–H groups in total. The van der Waals surface area contributed by atoms with Gasteiger partial charge in [0.05, 0.1) is 18.7 Å². The Morgan fingerprint density at radius 1 is 1.40 bits per heavy atom. The summed E-state index contributed by atoms with van der Waals surface area (Å²) < 4.78 is 4.77. The topological polar surface area (TPSA) is 38.3 Å². The van der Waals surface area contributed by atoms with E-state index in [1.807, 2.05) is 19.1 Å². The summed E-state index contributed by atoms with van der Waals surface area (Å²) >= 11 is 1.74. The van der Waals surface area contributed by atoms with Gasteiger partial charge in [0.2, 0.25) is 0 Å². The van der Waals surface area contributed by atoms with Gasteiger partial charge in [0.1, 0.15) is 0 Å².